The van der Waals surface area contributed by atoms with Gasteiger partial charge in [-0.3, -0.25) is 0 Å². The fraction of sp³-hybridized carbons (Fsp3) is 0.500. The molecule has 0 fully saturated rings. The van der Waals surface area contributed by atoms with E-state index in [4.69, 9.17) is 0 Å². The van der Waals surface area contributed by atoms with Gasteiger partial charge in [0.25, 0.3) is 0 Å². The Morgan fingerprint density at radius 3 is 2.69 bits per heavy atom. The first-order valence-corrected chi connectivity index (χ1v) is 6.44. The number of nitrogens with zero attached hydrogens (tertiary/aromatic N) is 2. The number of nitrogens with one attached hydrogen (secondary N) is 1. The van der Waals surface area contributed by atoms with E-state index in [1.165, 1.54) is 18.4 Å². The molecule has 0 spiro atoms. The third kappa shape index (κ3) is 1.98. The molecule has 0 atom stereocenters. The number of hydrogen-bond acceptors (Lipinski definition) is 2. The molecule has 0 radical (unpaired) electrons. The molecule has 0 amide bonds. The van der Waals surface area contributed by atoms with E-state index in [0.717, 1.165) is 33.6 Å². The quantitative estimate of drug-likeness (QED) is 0.933. The van der Waals surface area contributed by atoms with Gasteiger partial charge >= 0.3 is 0 Å². The second kappa shape index (κ2) is 4.53. The molecule has 4 heteroatoms. The summed E-state index contributed by atoms with van der Waals surface area (Å²) in [5.41, 5.74) is 4.09. The SMILES string of the molecule is CCCCc1nc2nc(C)c(Br)c(C)c2[nH]1. The summed E-state index contributed by atoms with van der Waals surface area (Å²) in [6, 6.07) is 0. The molecule has 0 saturated heterocycles. The summed E-state index contributed by atoms with van der Waals surface area (Å²) in [7, 11) is 0. The number of imidazole rings is 1. The van der Waals surface area contributed by atoms with Crippen molar-refractivity contribution in [3.8, 4) is 0 Å². The van der Waals surface area contributed by atoms with Crippen LogP contribution in [0.15, 0.2) is 4.47 Å². The second-order valence-corrected chi connectivity index (χ2v) is 4.91. The maximum Gasteiger partial charge on any atom is 0.178 e. The van der Waals surface area contributed by atoms with Gasteiger partial charge in [0, 0.05) is 10.9 Å². The number of aromatic nitrogens is 3. The molecule has 0 aliphatic heterocycles. The van der Waals surface area contributed by atoms with Crippen LogP contribution in [0.3, 0.4) is 0 Å². The van der Waals surface area contributed by atoms with Gasteiger partial charge < -0.3 is 4.98 Å². The van der Waals surface area contributed by atoms with Crippen molar-refractivity contribution in [1.82, 2.24) is 15.0 Å². The molecule has 2 aromatic rings. The molecule has 0 bridgehead atoms. The van der Waals surface area contributed by atoms with Crippen LogP contribution in [0.5, 0.6) is 0 Å². The Bertz CT molecular complexity index is 516. The zero-order chi connectivity index (χ0) is 11.7. The number of aryl methyl sites for hydroxylation is 3. The highest BCUT2D eigenvalue weighted by atomic mass is 79.9. The molecule has 2 rings (SSSR count). The molecule has 0 unspecified atom stereocenters. The second-order valence-electron chi connectivity index (χ2n) is 4.12. The third-order valence-corrected chi connectivity index (χ3v) is 3.96. The standard InChI is InChI=1S/C12H16BrN3/c1-4-5-6-9-15-11-7(2)10(13)8(3)14-12(11)16-9/h4-6H2,1-3H3,(H,14,15,16). The maximum atomic E-state index is 4.53. The number of unbranched alkanes of at least 4 members (excludes halogenated alkanes) is 1. The molecule has 0 aromatic carbocycles. The highest BCUT2D eigenvalue weighted by molar-refractivity contribution is 9.10. The third-order valence-electron chi connectivity index (χ3n) is 2.80. The van der Waals surface area contributed by atoms with E-state index in [9.17, 15) is 0 Å². The van der Waals surface area contributed by atoms with Crippen LogP contribution in [0.25, 0.3) is 11.2 Å². The normalized spacial score (nSPS) is 11.2. The van der Waals surface area contributed by atoms with Crippen LogP contribution in [0.1, 0.15) is 36.8 Å². The minimum absolute atomic E-state index is 0.837. The molecule has 2 aromatic heterocycles. The Labute approximate surface area is 104 Å². The predicted octanol–water partition coefficient (Wildman–Crippen LogP) is 3.68. The molecular formula is C12H16BrN3. The van der Waals surface area contributed by atoms with Gasteiger partial charge in [-0.1, -0.05) is 13.3 Å². The molecule has 86 valence electrons. The lowest BCUT2D eigenvalue weighted by Crippen LogP contribution is -1.89. The number of halogens is 1. The highest BCUT2D eigenvalue weighted by Gasteiger charge is 2.11. The summed E-state index contributed by atoms with van der Waals surface area (Å²) >= 11 is 3.55. The number of pyridine rings is 1. The average molecular weight is 282 g/mol. The number of rotatable bonds is 3. The van der Waals surface area contributed by atoms with Crippen LogP contribution < -0.4 is 0 Å². The molecular weight excluding hydrogens is 266 g/mol. The fourth-order valence-corrected chi connectivity index (χ4v) is 2.09. The highest BCUT2D eigenvalue weighted by Crippen LogP contribution is 2.25. The first-order chi connectivity index (χ1) is 7.63. The van der Waals surface area contributed by atoms with Crippen molar-refractivity contribution in [2.75, 3.05) is 0 Å². The lowest BCUT2D eigenvalue weighted by atomic mass is 10.2. The smallest absolute Gasteiger partial charge is 0.178 e. The van der Waals surface area contributed by atoms with E-state index in [2.05, 4.69) is 44.7 Å². The van der Waals surface area contributed by atoms with Gasteiger partial charge in [-0.25, -0.2) is 9.97 Å². The molecule has 0 aliphatic rings. The number of H-pyrrole nitrogens is 1. The molecule has 0 aliphatic carbocycles. The van der Waals surface area contributed by atoms with E-state index in [1.54, 1.807) is 0 Å². The molecule has 0 saturated carbocycles. The summed E-state index contributed by atoms with van der Waals surface area (Å²) in [6.45, 7) is 6.27. The Morgan fingerprint density at radius 1 is 1.25 bits per heavy atom. The zero-order valence-corrected chi connectivity index (χ0v) is 11.5. The van der Waals surface area contributed by atoms with Crippen molar-refractivity contribution in [3.05, 3.63) is 21.6 Å². The van der Waals surface area contributed by atoms with Crippen molar-refractivity contribution in [3.63, 3.8) is 0 Å². The fourth-order valence-electron chi connectivity index (χ4n) is 1.81. The minimum atomic E-state index is 0.837. The first kappa shape index (κ1) is 11.6. The van der Waals surface area contributed by atoms with Crippen LogP contribution in [-0.2, 0) is 6.42 Å². The molecule has 1 N–H and O–H groups in total. The first-order valence-electron chi connectivity index (χ1n) is 5.64. The van der Waals surface area contributed by atoms with Gasteiger partial charge in [0.15, 0.2) is 5.65 Å². The number of aromatic amines is 1. The summed E-state index contributed by atoms with van der Waals surface area (Å²) in [5.74, 6) is 1.05. The van der Waals surface area contributed by atoms with E-state index >= 15 is 0 Å². The van der Waals surface area contributed by atoms with Crippen molar-refractivity contribution in [2.24, 2.45) is 0 Å². The van der Waals surface area contributed by atoms with Gasteiger partial charge in [0.1, 0.15) is 5.82 Å². The summed E-state index contributed by atoms with van der Waals surface area (Å²) in [4.78, 5) is 12.4. The average Bonchev–Trinajstić information content (AvgIpc) is 2.66. The van der Waals surface area contributed by atoms with Crippen molar-refractivity contribution in [1.29, 1.82) is 0 Å². The molecule has 3 nitrogen and oxygen atoms in total. The Hall–Kier alpha value is -0.900. The van der Waals surface area contributed by atoms with E-state index in [0.29, 0.717) is 0 Å². The van der Waals surface area contributed by atoms with Crippen LogP contribution in [0.2, 0.25) is 0 Å². The zero-order valence-electron chi connectivity index (χ0n) is 9.89. The number of fused-ring (bicyclic) bond motifs is 1. The molecule has 16 heavy (non-hydrogen) atoms. The predicted molar refractivity (Wildman–Crippen MR) is 69.7 cm³/mol. The summed E-state index contributed by atoms with van der Waals surface area (Å²) < 4.78 is 1.07. The van der Waals surface area contributed by atoms with Gasteiger partial charge in [-0.15, -0.1) is 0 Å². The Morgan fingerprint density at radius 2 is 2.00 bits per heavy atom. The van der Waals surface area contributed by atoms with Crippen LogP contribution in [-0.4, -0.2) is 15.0 Å². The van der Waals surface area contributed by atoms with Crippen LogP contribution in [0.4, 0.5) is 0 Å². The van der Waals surface area contributed by atoms with Crippen molar-refractivity contribution < 1.29 is 0 Å². The van der Waals surface area contributed by atoms with Crippen molar-refractivity contribution in [2.45, 2.75) is 40.0 Å². The van der Waals surface area contributed by atoms with Crippen LogP contribution in [0, 0.1) is 13.8 Å². The summed E-state index contributed by atoms with van der Waals surface area (Å²) in [6.07, 6.45) is 3.36. The largest absolute Gasteiger partial charge is 0.340 e. The van der Waals surface area contributed by atoms with Gasteiger partial charge in [-0.2, -0.15) is 0 Å². The van der Waals surface area contributed by atoms with Gasteiger partial charge in [0.05, 0.1) is 11.2 Å². The lowest BCUT2D eigenvalue weighted by molar-refractivity contribution is 0.764. The van der Waals surface area contributed by atoms with E-state index in [-0.39, 0.29) is 0 Å². The monoisotopic (exact) mass is 281 g/mol. The minimum Gasteiger partial charge on any atom is -0.340 e. The van der Waals surface area contributed by atoms with Crippen LogP contribution >= 0.6 is 15.9 Å². The van der Waals surface area contributed by atoms with Crippen molar-refractivity contribution >= 4 is 27.1 Å². The number of hydrogen-bond donors (Lipinski definition) is 1. The summed E-state index contributed by atoms with van der Waals surface area (Å²) in [5, 5.41) is 0. The van der Waals surface area contributed by atoms with Gasteiger partial charge in [-0.05, 0) is 41.8 Å². The Kier molecular flexibility index (Phi) is 3.28. The van der Waals surface area contributed by atoms with Gasteiger partial charge in [0.2, 0.25) is 0 Å². The maximum absolute atomic E-state index is 4.53. The van der Waals surface area contributed by atoms with E-state index < -0.39 is 0 Å². The topological polar surface area (TPSA) is 41.6 Å². The molecule has 2 heterocycles. The lowest BCUT2D eigenvalue weighted by Gasteiger charge is -2.01. The Balaban J connectivity index is 2.49. The van der Waals surface area contributed by atoms with E-state index in [1.807, 2.05) is 6.92 Å².